The summed E-state index contributed by atoms with van der Waals surface area (Å²) in [5.74, 6) is 0.777. The van der Waals surface area contributed by atoms with Crippen LogP contribution in [0.2, 0.25) is 0 Å². The number of hydrogen-bond acceptors (Lipinski definition) is 5. The average Bonchev–Trinajstić information content (AvgIpc) is 2.87. The van der Waals surface area contributed by atoms with Crippen molar-refractivity contribution in [3.8, 4) is 0 Å². The third-order valence-corrected chi connectivity index (χ3v) is 4.72. The Balaban J connectivity index is 2.20. The molecular formula is C14H19N3O3S. The van der Waals surface area contributed by atoms with Gasteiger partial charge in [0.25, 0.3) is 0 Å². The third kappa shape index (κ3) is 3.49. The first-order valence-electron chi connectivity index (χ1n) is 6.69. The van der Waals surface area contributed by atoms with Crippen LogP contribution in [0.3, 0.4) is 0 Å². The van der Waals surface area contributed by atoms with Gasteiger partial charge in [-0.3, -0.25) is 4.98 Å². The maximum absolute atomic E-state index is 12.3. The number of furan rings is 1. The number of sulfonamides is 1. The fourth-order valence-corrected chi connectivity index (χ4v) is 3.27. The van der Waals surface area contributed by atoms with E-state index in [1.54, 1.807) is 13.1 Å². The molecule has 0 aliphatic rings. The molecule has 0 saturated carbocycles. The second-order valence-electron chi connectivity index (χ2n) is 4.62. The second kappa shape index (κ2) is 6.38. The van der Waals surface area contributed by atoms with E-state index in [0.29, 0.717) is 11.5 Å². The van der Waals surface area contributed by atoms with Crippen LogP contribution in [0, 0.1) is 6.92 Å². The Morgan fingerprint density at radius 1 is 1.43 bits per heavy atom. The zero-order valence-corrected chi connectivity index (χ0v) is 12.9. The van der Waals surface area contributed by atoms with Crippen LogP contribution >= 0.6 is 0 Å². The number of aryl methyl sites for hydroxylation is 2. The molecule has 2 aromatic heterocycles. The maximum atomic E-state index is 12.3. The van der Waals surface area contributed by atoms with Crippen LogP contribution in [-0.2, 0) is 29.5 Å². The highest BCUT2D eigenvalue weighted by atomic mass is 32.2. The number of pyridine rings is 1. The lowest BCUT2D eigenvalue weighted by Crippen LogP contribution is -2.24. The normalized spacial score (nSPS) is 11.8. The lowest BCUT2D eigenvalue weighted by Gasteiger charge is -2.08. The van der Waals surface area contributed by atoms with E-state index in [9.17, 15) is 8.42 Å². The Morgan fingerprint density at radius 2 is 2.19 bits per heavy atom. The van der Waals surface area contributed by atoms with Gasteiger partial charge in [-0.1, -0.05) is 13.0 Å². The molecule has 3 N–H and O–H groups in total. The summed E-state index contributed by atoms with van der Waals surface area (Å²) < 4.78 is 32.5. The van der Waals surface area contributed by atoms with Gasteiger partial charge >= 0.3 is 0 Å². The molecule has 0 atom stereocenters. The molecule has 2 rings (SSSR count). The summed E-state index contributed by atoms with van der Waals surface area (Å²) in [5, 5.41) is 0. The first kappa shape index (κ1) is 15.7. The Kier molecular flexibility index (Phi) is 4.76. The predicted octanol–water partition coefficient (Wildman–Crippen LogP) is 1.48. The molecule has 0 aromatic carbocycles. The van der Waals surface area contributed by atoms with Gasteiger partial charge in [0, 0.05) is 12.3 Å². The van der Waals surface area contributed by atoms with Crippen LogP contribution in [0.1, 0.15) is 29.7 Å². The highest BCUT2D eigenvalue weighted by molar-refractivity contribution is 7.89. The highest BCUT2D eigenvalue weighted by Crippen LogP contribution is 2.20. The van der Waals surface area contributed by atoms with Crippen molar-refractivity contribution >= 4 is 10.0 Å². The summed E-state index contributed by atoms with van der Waals surface area (Å²) in [6, 6.07) is 5.23. The van der Waals surface area contributed by atoms with Crippen LogP contribution in [0.25, 0.3) is 0 Å². The van der Waals surface area contributed by atoms with Gasteiger partial charge in [0.05, 0.1) is 18.8 Å². The number of rotatable bonds is 6. The SMILES string of the molecule is CCc1cccnc1CNS(=O)(=O)c1cc(CN)oc1C. The molecule has 0 bridgehead atoms. The Hall–Kier alpha value is -1.70. The second-order valence-corrected chi connectivity index (χ2v) is 6.36. The molecular weight excluding hydrogens is 290 g/mol. The Morgan fingerprint density at radius 3 is 2.81 bits per heavy atom. The molecule has 0 spiro atoms. The molecule has 6 nitrogen and oxygen atoms in total. The number of hydrogen-bond donors (Lipinski definition) is 2. The molecule has 0 aliphatic heterocycles. The van der Waals surface area contributed by atoms with Crippen LogP contribution in [0.4, 0.5) is 0 Å². The smallest absolute Gasteiger partial charge is 0.244 e. The van der Waals surface area contributed by atoms with Crippen molar-refractivity contribution in [1.29, 1.82) is 0 Å². The molecule has 0 aliphatic carbocycles. The molecule has 0 amide bonds. The van der Waals surface area contributed by atoms with Gasteiger partial charge in [0.2, 0.25) is 10.0 Å². The van der Waals surface area contributed by atoms with E-state index < -0.39 is 10.0 Å². The minimum atomic E-state index is -3.64. The monoisotopic (exact) mass is 309 g/mol. The molecule has 0 saturated heterocycles. The molecule has 2 heterocycles. The molecule has 7 heteroatoms. The van der Waals surface area contributed by atoms with Crippen molar-refractivity contribution in [2.45, 2.75) is 38.3 Å². The van der Waals surface area contributed by atoms with Crippen molar-refractivity contribution in [2.75, 3.05) is 0 Å². The van der Waals surface area contributed by atoms with E-state index in [-0.39, 0.29) is 18.0 Å². The van der Waals surface area contributed by atoms with Crippen molar-refractivity contribution in [3.63, 3.8) is 0 Å². The van der Waals surface area contributed by atoms with Crippen molar-refractivity contribution in [3.05, 3.63) is 47.2 Å². The lowest BCUT2D eigenvalue weighted by molar-refractivity contribution is 0.478. The predicted molar refractivity (Wildman–Crippen MR) is 79.0 cm³/mol. The summed E-state index contributed by atoms with van der Waals surface area (Å²) in [5.41, 5.74) is 7.21. The minimum absolute atomic E-state index is 0.122. The van der Waals surface area contributed by atoms with Gasteiger partial charge in [0.15, 0.2) is 0 Å². The van der Waals surface area contributed by atoms with E-state index in [1.165, 1.54) is 6.07 Å². The summed E-state index contributed by atoms with van der Waals surface area (Å²) in [6.45, 7) is 3.92. The van der Waals surface area contributed by atoms with Crippen molar-refractivity contribution in [2.24, 2.45) is 5.73 Å². The van der Waals surface area contributed by atoms with Crippen molar-refractivity contribution in [1.82, 2.24) is 9.71 Å². The van der Waals surface area contributed by atoms with Gasteiger partial charge < -0.3 is 10.2 Å². The Bertz CT molecular complexity index is 723. The van der Waals surface area contributed by atoms with Crippen LogP contribution < -0.4 is 10.5 Å². The lowest BCUT2D eigenvalue weighted by atomic mass is 10.1. The number of nitrogens with one attached hydrogen (secondary N) is 1. The van der Waals surface area contributed by atoms with E-state index in [2.05, 4.69) is 9.71 Å². The minimum Gasteiger partial charge on any atom is -0.464 e. The fraction of sp³-hybridized carbons (Fsp3) is 0.357. The molecule has 21 heavy (non-hydrogen) atoms. The fourth-order valence-electron chi connectivity index (χ4n) is 2.09. The summed E-state index contributed by atoms with van der Waals surface area (Å²) in [6.07, 6.45) is 2.45. The zero-order chi connectivity index (χ0) is 15.5. The first-order valence-corrected chi connectivity index (χ1v) is 8.18. The zero-order valence-electron chi connectivity index (χ0n) is 12.1. The largest absolute Gasteiger partial charge is 0.464 e. The van der Waals surface area contributed by atoms with E-state index >= 15 is 0 Å². The number of nitrogens with zero attached hydrogens (tertiary/aromatic N) is 1. The molecule has 0 radical (unpaired) electrons. The van der Waals surface area contributed by atoms with Crippen LogP contribution in [0.15, 0.2) is 33.7 Å². The van der Waals surface area contributed by atoms with Gasteiger partial charge in [-0.15, -0.1) is 0 Å². The summed E-state index contributed by atoms with van der Waals surface area (Å²) in [4.78, 5) is 4.34. The standard InChI is InChI=1S/C14H19N3O3S/c1-3-11-5-4-6-16-13(11)9-17-21(18,19)14-7-12(8-15)20-10(14)2/h4-7,17H,3,8-9,15H2,1-2H3. The topological polar surface area (TPSA) is 98.2 Å². The van der Waals surface area contributed by atoms with Gasteiger partial charge in [-0.25, -0.2) is 13.1 Å². The van der Waals surface area contributed by atoms with Crippen molar-refractivity contribution < 1.29 is 12.8 Å². The number of nitrogens with two attached hydrogens (primary N) is 1. The van der Waals surface area contributed by atoms with Gasteiger partial charge in [-0.2, -0.15) is 0 Å². The molecule has 2 aromatic rings. The quantitative estimate of drug-likeness (QED) is 0.842. The molecule has 0 unspecified atom stereocenters. The first-order chi connectivity index (χ1) is 9.97. The van der Waals surface area contributed by atoms with Crippen LogP contribution in [0.5, 0.6) is 0 Å². The van der Waals surface area contributed by atoms with Gasteiger partial charge in [-0.05, 0) is 25.0 Å². The summed E-state index contributed by atoms with van der Waals surface area (Å²) in [7, 11) is -3.64. The van der Waals surface area contributed by atoms with Gasteiger partial charge in [0.1, 0.15) is 16.4 Å². The van der Waals surface area contributed by atoms with E-state index in [4.69, 9.17) is 10.2 Å². The average molecular weight is 309 g/mol. The highest BCUT2D eigenvalue weighted by Gasteiger charge is 2.21. The summed E-state index contributed by atoms with van der Waals surface area (Å²) >= 11 is 0. The molecule has 0 fully saturated rings. The number of aromatic nitrogens is 1. The Labute approximate surface area is 124 Å². The third-order valence-electron chi connectivity index (χ3n) is 3.21. The molecule has 114 valence electrons. The van der Waals surface area contributed by atoms with E-state index in [0.717, 1.165) is 17.7 Å². The van der Waals surface area contributed by atoms with E-state index in [1.807, 2.05) is 19.1 Å². The van der Waals surface area contributed by atoms with Crippen LogP contribution in [-0.4, -0.2) is 13.4 Å². The maximum Gasteiger partial charge on any atom is 0.244 e.